The molecule has 0 aromatic heterocycles. The molecule has 0 N–H and O–H groups in total. The summed E-state index contributed by atoms with van der Waals surface area (Å²) in [5.74, 6) is -0.328. The monoisotopic (exact) mass is 287 g/mol. The lowest BCUT2D eigenvalue weighted by atomic mass is 9.82. The molecule has 2 rings (SSSR count). The van der Waals surface area contributed by atoms with Crippen LogP contribution < -0.4 is 0 Å². The fourth-order valence-corrected chi connectivity index (χ4v) is 2.47. The van der Waals surface area contributed by atoms with Crippen molar-refractivity contribution in [2.75, 3.05) is 13.1 Å². The highest BCUT2D eigenvalue weighted by molar-refractivity contribution is 5.98. The molecule has 0 radical (unpaired) electrons. The first-order chi connectivity index (χ1) is 9.86. The lowest BCUT2D eigenvalue weighted by Crippen LogP contribution is -2.41. The van der Waals surface area contributed by atoms with Gasteiger partial charge in [-0.25, -0.2) is 0 Å². The highest BCUT2D eigenvalue weighted by atomic mass is 16.6. The standard InChI is InChI=1S/C15H17N3O3/c1-11-3-4-13(18(20)21)12(9-11)14(19)17-7-5-15(2,10-16)6-8-17/h3-4,9H,5-8H2,1-2H3. The molecule has 0 bridgehead atoms. The fourth-order valence-electron chi connectivity index (χ4n) is 2.47. The van der Waals surface area contributed by atoms with Gasteiger partial charge in [0.25, 0.3) is 11.6 Å². The van der Waals surface area contributed by atoms with Crippen molar-refractivity contribution in [1.29, 1.82) is 5.26 Å². The number of likely N-dealkylation sites (tertiary alicyclic amines) is 1. The minimum Gasteiger partial charge on any atom is -0.338 e. The van der Waals surface area contributed by atoms with Crippen molar-refractivity contribution < 1.29 is 9.72 Å². The molecule has 0 atom stereocenters. The molecule has 1 aromatic rings. The Hall–Kier alpha value is -2.42. The summed E-state index contributed by atoms with van der Waals surface area (Å²) in [6.45, 7) is 4.58. The van der Waals surface area contributed by atoms with Crippen molar-refractivity contribution in [2.24, 2.45) is 5.41 Å². The Bertz CT molecular complexity index is 626. The van der Waals surface area contributed by atoms with Gasteiger partial charge in [0, 0.05) is 19.2 Å². The highest BCUT2D eigenvalue weighted by Crippen LogP contribution is 2.31. The van der Waals surface area contributed by atoms with Crippen LogP contribution in [0.15, 0.2) is 18.2 Å². The maximum Gasteiger partial charge on any atom is 0.282 e. The van der Waals surface area contributed by atoms with E-state index in [1.807, 2.05) is 6.92 Å². The van der Waals surface area contributed by atoms with Crippen molar-refractivity contribution >= 4 is 11.6 Å². The number of carbonyl (C=O) groups excluding carboxylic acids is 1. The Labute approximate surface area is 123 Å². The van der Waals surface area contributed by atoms with Gasteiger partial charge >= 0.3 is 0 Å². The van der Waals surface area contributed by atoms with Gasteiger partial charge in [0.2, 0.25) is 0 Å². The number of nitro groups is 1. The van der Waals surface area contributed by atoms with E-state index >= 15 is 0 Å². The third-order valence-electron chi connectivity index (χ3n) is 4.00. The first-order valence-corrected chi connectivity index (χ1v) is 6.82. The number of carbonyl (C=O) groups is 1. The minimum atomic E-state index is -0.532. The summed E-state index contributed by atoms with van der Waals surface area (Å²) in [6.07, 6.45) is 1.18. The van der Waals surface area contributed by atoms with Crippen LogP contribution >= 0.6 is 0 Å². The zero-order chi connectivity index (χ0) is 15.6. The van der Waals surface area contributed by atoms with Crippen molar-refractivity contribution in [3.05, 3.63) is 39.4 Å². The third kappa shape index (κ3) is 3.02. The molecular formula is C15H17N3O3. The molecule has 0 spiro atoms. The molecule has 1 aliphatic rings. The van der Waals surface area contributed by atoms with Crippen LogP contribution in [0.25, 0.3) is 0 Å². The van der Waals surface area contributed by atoms with Crippen LogP contribution in [0.2, 0.25) is 0 Å². The van der Waals surface area contributed by atoms with E-state index in [2.05, 4.69) is 6.07 Å². The first-order valence-electron chi connectivity index (χ1n) is 6.82. The molecule has 0 saturated carbocycles. The van der Waals surface area contributed by atoms with Gasteiger partial charge in [0.1, 0.15) is 5.56 Å². The Morgan fingerprint density at radius 1 is 1.43 bits per heavy atom. The van der Waals surface area contributed by atoms with E-state index in [1.54, 1.807) is 24.0 Å². The van der Waals surface area contributed by atoms with Gasteiger partial charge in [-0.2, -0.15) is 5.26 Å². The molecule has 21 heavy (non-hydrogen) atoms. The molecule has 0 aliphatic carbocycles. The number of nitro benzene ring substituents is 1. The largest absolute Gasteiger partial charge is 0.338 e. The minimum absolute atomic E-state index is 0.126. The second-order valence-electron chi connectivity index (χ2n) is 5.74. The van der Waals surface area contributed by atoms with E-state index in [0.29, 0.717) is 25.9 Å². The first kappa shape index (κ1) is 15.0. The summed E-state index contributed by atoms with van der Waals surface area (Å²) < 4.78 is 0. The summed E-state index contributed by atoms with van der Waals surface area (Å²) in [5.41, 5.74) is 0.359. The van der Waals surface area contributed by atoms with Gasteiger partial charge in [-0.3, -0.25) is 14.9 Å². The van der Waals surface area contributed by atoms with Crippen LogP contribution in [0.1, 0.15) is 35.7 Å². The summed E-state index contributed by atoms with van der Waals surface area (Å²) in [7, 11) is 0. The Kier molecular flexibility index (Phi) is 3.94. The summed E-state index contributed by atoms with van der Waals surface area (Å²) in [5, 5.41) is 20.2. The van der Waals surface area contributed by atoms with Crippen LogP contribution in [0.4, 0.5) is 5.69 Å². The summed E-state index contributed by atoms with van der Waals surface area (Å²) in [4.78, 5) is 24.6. The molecule has 1 heterocycles. The zero-order valence-electron chi connectivity index (χ0n) is 12.1. The molecule has 6 heteroatoms. The maximum atomic E-state index is 12.5. The van der Waals surface area contributed by atoms with E-state index in [-0.39, 0.29) is 17.2 Å². The smallest absolute Gasteiger partial charge is 0.282 e. The number of hydrogen-bond acceptors (Lipinski definition) is 4. The fraction of sp³-hybridized carbons (Fsp3) is 0.467. The van der Waals surface area contributed by atoms with Gasteiger partial charge in [0.15, 0.2) is 0 Å². The van der Waals surface area contributed by atoms with E-state index in [9.17, 15) is 14.9 Å². The van der Waals surface area contributed by atoms with E-state index < -0.39 is 10.3 Å². The maximum absolute atomic E-state index is 12.5. The van der Waals surface area contributed by atoms with E-state index in [1.165, 1.54) is 6.07 Å². The van der Waals surface area contributed by atoms with Crippen molar-refractivity contribution in [1.82, 2.24) is 4.90 Å². The van der Waals surface area contributed by atoms with Crippen LogP contribution in [-0.2, 0) is 0 Å². The number of rotatable bonds is 2. The second kappa shape index (κ2) is 5.52. The third-order valence-corrected chi connectivity index (χ3v) is 4.00. The number of aryl methyl sites for hydroxylation is 1. The average molecular weight is 287 g/mol. The molecule has 1 aliphatic heterocycles. The number of benzene rings is 1. The van der Waals surface area contributed by atoms with Crippen LogP contribution in [0, 0.1) is 33.8 Å². The van der Waals surface area contributed by atoms with Gasteiger partial charge in [-0.1, -0.05) is 6.07 Å². The van der Waals surface area contributed by atoms with Gasteiger partial charge < -0.3 is 4.90 Å². The average Bonchev–Trinajstić information content (AvgIpc) is 2.47. The molecule has 0 unspecified atom stereocenters. The number of amides is 1. The van der Waals surface area contributed by atoms with Crippen LogP contribution in [0.3, 0.4) is 0 Å². The summed E-state index contributed by atoms with van der Waals surface area (Å²) in [6, 6.07) is 6.82. The predicted molar refractivity (Wildman–Crippen MR) is 76.7 cm³/mol. The van der Waals surface area contributed by atoms with Gasteiger partial charge in [-0.15, -0.1) is 0 Å². The van der Waals surface area contributed by atoms with Gasteiger partial charge in [-0.05, 0) is 38.3 Å². The SMILES string of the molecule is Cc1ccc([N+](=O)[O-])c(C(=O)N2CCC(C)(C#N)CC2)c1. The molecular weight excluding hydrogens is 270 g/mol. The molecule has 110 valence electrons. The number of piperidine rings is 1. The van der Waals surface area contributed by atoms with Crippen LogP contribution in [-0.4, -0.2) is 28.8 Å². The normalized spacial score (nSPS) is 17.1. The Morgan fingerprint density at radius 3 is 2.57 bits per heavy atom. The molecule has 1 fully saturated rings. The van der Waals surface area contributed by atoms with Crippen molar-refractivity contribution in [2.45, 2.75) is 26.7 Å². The lowest BCUT2D eigenvalue weighted by Gasteiger charge is -2.34. The molecule has 6 nitrogen and oxygen atoms in total. The zero-order valence-corrected chi connectivity index (χ0v) is 12.1. The van der Waals surface area contributed by atoms with Crippen molar-refractivity contribution in [3.8, 4) is 6.07 Å². The molecule has 1 aromatic carbocycles. The number of nitrogens with zero attached hydrogens (tertiary/aromatic N) is 3. The predicted octanol–water partition coefficient (Wildman–Crippen LogP) is 2.67. The lowest BCUT2D eigenvalue weighted by molar-refractivity contribution is -0.385. The number of hydrogen-bond donors (Lipinski definition) is 0. The summed E-state index contributed by atoms with van der Waals surface area (Å²) >= 11 is 0. The second-order valence-corrected chi connectivity index (χ2v) is 5.74. The molecule has 1 amide bonds. The van der Waals surface area contributed by atoms with E-state index in [0.717, 1.165) is 5.56 Å². The topological polar surface area (TPSA) is 87.2 Å². The molecule has 1 saturated heterocycles. The number of nitriles is 1. The Balaban J connectivity index is 2.24. The Morgan fingerprint density at radius 2 is 2.05 bits per heavy atom. The van der Waals surface area contributed by atoms with Crippen molar-refractivity contribution in [3.63, 3.8) is 0 Å². The van der Waals surface area contributed by atoms with Gasteiger partial charge in [0.05, 0.1) is 16.4 Å². The van der Waals surface area contributed by atoms with E-state index in [4.69, 9.17) is 5.26 Å². The van der Waals surface area contributed by atoms with Crippen LogP contribution in [0.5, 0.6) is 0 Å². The highest BCUT2D eigenvalue weighted by Gasteiger charge is 2.33. The quantitative estimate of drug-likeness (QED) is 0.618.